The van der Waals surface area contributed by atoms with Crippen LogP contribution in [-0.4, -0.2) is 30.6 Å². The maximum atomic E-state index is 11.4. The number of esters is 1. The number of imide groups is 1. The summed E-state index contributed by atoms with van der Waals surface area (Å²) in [7, 11) is 0. The summed E-state index contributed by atoms with van der Waals surface area (Å²) >= 11 is 0. The molecule has 2 N–H and O–H groups in total. The summed E-state index contributed by atoms with van der Waals surface area (Å²) in [6.07, 6.45) is 3.55. The number of ether oxygens (including phenoxy) is 1. The van der Waals surface area contributed by atoms with E-state index in [2.05, 4.69) is 10.6 Å². The van der Waals surface area contributed by atoms with Gasteiger partial charge >= 0.3 is 12.0 Å². The van der Waals surface area contributed by atoms with E-state index in [4.69, 9.17) is 4.74 Å². The summed E-state index contributed by atoms with van der Waals surface area (Å²) in [6.45, 7) is 3.22. The summed E-state index contributed by atoms with van der Waals surface area (Å²) in [5.41, 5.74) is 0.844. The highest BCUT2D eigenvalue weighted by atomic mass is 16.5. The Kier molecular flexibility index (Phi) is 7.39. The van der Waals surface area contributed by atoms with E-state index in [0.29, 0.717) is 0 Å². The van der Waals surface area contributed by atoms with Crippen LogP contribution in [0.2, 0.25) is 0 Å². The lowest BCUT2D eigenvalue weighted by Crippen LogP contribution is -2.44. The highest BCUT2D eigenvalue weighted by Crippen LogP contribution is 2.00. The van der Waals surface area contributed by atoms with Crippen molar-refractivity contribution in [1.29, 1.82) is 0 Å². The number of hydrogen-bond acceptors (Lipinski definition) is 4. The lowest BCUT2D eigenvalue weighted by Gasteiger charge is -2.11. The summed E-state index contributed by atoms with van der Waals surface area (Å²) < 4.78 is 4.74. The molecule has 22 heavy (non-hydrogen) atoms. The van der Waals surface area contributed by atoms with Crippen molar-refractivity contribution in [3.05, 3.63) is 42.0 Å². The average Bonchev–Trinajstić information content (AvgIpc) is 2.51. The molecule has 0 fully saturated rings. The van der Waals surface area contributed by atoms with E-state index in [1.165, 1.54) is 6.08 Å². The zero-order valence-corrected chi connectivity index (χ0v) is 12.7. The van der Waals surface area contributed by atoms with Gasteiger partial charge in [-0.05, 0) is 25.0 Å². The van der Waals surface area contributed by atoms with Crippen LogP contribution in [0.15, 0.2) is 36.4 Å². The minimum atomic E-state index is -0.678. The van der Waals surface area contributed by atoms with E-state index in [0.717, 1.165) is 12.0 Å². The van der Waals surface area contributed by atoms with Crippen LogP contribution in [0.25, 0.3) is 6.08 Å². The molecule has 0 aliphatic carbocycles. The zero-order chi connectivity index (χ0) is 16.4. The molecule has 0 saturated heterocycles. The first-order valence-corrected chi connectivity index (χ1v) is 7.01. The molecule has 0 aliphatic heterocycles. The van der Waals surface area contributed by atoms with Crippen LogP contribution in [0.3, 0.4) is 0 Å². The van der Waals surface area contributed by atoms with Crippen molar-refractivity contribution in [2.45, 2.75) is 26.3 Å². The molecule has 0 unspecified atom stereocenters. The monoisotopic (exact) mass is 304 g/mol. The molecule has 0 saturated carbocycles. The molecule has 0 spiro atoms. The molecular formula is C16H20N2O4. The Balaban J connectivity index is 2.30. The molecule has 1 aromatic rings. The second-order valence-corrected chi connectivity index (χ2v) is 4.68. The largest absolute Gasteiger partial charge is 0.452 e. The normalized spacial score (nSPS) is 11.7. The van der Waals surface area contributed by atoms with Crippen molar-refractivity contribution < 1.29 is 19.1 Å². The molecule has 1 rings (SSSR count). The molecule has 0 aromatic heterocycles. The van der Waals surface area contributed by atoms with Gasteiger partial charge in [0, 0.05) is 12.1 Å². The van der Waals surface area contributed by atoms with E-state index < -0.39 is 24.5 Å². The van der Waals surface area contributed by atoms with Gasteiger partial charge in [0.2, 0.25) is 0 Å². The molecule has 118 valence electrons. The zero-order valence-electron chi connectivity index (χ0n) is 12.7. The second-order valence-electron chi connectivity index (χ2n) is 4.68. The minimum Gasteiger partial charge on any atom is -0.452 e. The molecular weight excluding hydrogens is 284 g/mol. The standard InChI is InChI=1S/C16H20N2O4/c1-3-12(2)17-16(21)18-14(19)11-22-15(20)10-9-13-7-5-4-6-8-13/h4-10,12H,3,11H2,1-2H3,(H2,17,18,19,21)/b10-9+/t12-/m0/s1. The van der Waals surface area contributed by atoms with Crippen molar-refractivity contribution in [1.82, 2.24) is 10.6 Å². The molecule has 6 heteroatoms. The predicted octanol–water partition coefficient (Wildman–Crippen LogP) is 1.87. The van der Waals surface area contributed by atoms with Crippen LogP contribution in [0, 0.1) is 0 Å². The van der Waals surface area contributed by atoms with Gasteiger partial charge in [-0.2, -0.15) is 0 Å². The number of hydrogen-bond donors (Lipinski definition) is 2. The van der Waals surface area contributed by atoms with Crippen LogP contribution < -0.4 is 10.6 Å². The summed E-state index contributed by atoms with van der Waals surface area (Å²) in [5.74, 6) is -1.33. The number of amides is 3. The Labute approximate surface area is 129 Å². The van der Waals surface area contributed by atoms with Crippen LogP contribution >= 0.6 is 0 Å². The van der Waals surface area contributed by atoms with Gasteiger partial charge in [-0.15, -0.1) is 0 Å². The van der Waals surface area contributed by atoms with Gasteiger partial charge in [-0.1, -0.05) is 37.3 Å². The Morgan fingerprint density at radius 3 is 2.55 bits per heavy atom. The minimum absolute atomic E-state index is 0.0378. The van der Waals surface area contributed by atoms with Gasteiger partial charge in [0.25, 0.3) is 5.91 Å². The Morgan fingerprint density at radius 1 is 1.23 bits per heavy atom. The molecule has 0 heterocycles. The molecule has 0 bridgehead atoms. The lowest BCUT2D eigenvalue weighted by atomic mass is 10.2. The van der Waals surface area contributed by atoms with Crippen molar-refractivity contribution in [3.63, 3.8) is 0 Å². The van der Waals surface area contributed by atoms with Crippen LogP contribution in [0.4, 0.5) is 4.79 Å². The molecule has 6 nitrogen and oxygen atoms in total. The Morgan fingerprint density at radius 2 is 1.91 bits per heavy atom. The summed E-state index contributed by atoms with van der Waals surface area (Å²) in [6, 6.07) is 8.57. The highest BCUT2D eigenvalue weighted by molar-refractivity contribution is 5.96. The number of carbonyl (C=O) groups excluding carboxylic acids is 3. The van der Waals surface area contributed by atoms with Gasteiger partial charge in [-0.25, -0.2) is 9.59 Å². The lowest BCUT2D eigenvalue weighted by molar-refractivity contribution is -0.143. The molecule has 3 amide bonds. The predicted molar refractivity (Wildman–Crippen MR) is 82.9 cm³/mol. The smallest absolute Gasteiger partial charge is 0.331 e. The first-order chi connectivity index (χ1) is 10.5. The first-order valence-electron chi connectivity index (χ1n) is 7.01. The molecule has 0 radical (unpaired) electrons. The first kappa shape index (κ1) is 17.4. The van der Waals surface area contributed by atoms with E-state index in [-0.39, 0.29) is 6.04 Å². The van der Waals surface area contributed by atoms with Crippen molar-refractivity contribution >= 4 is 24.0 Å². The van der Waals surface area contributed by atoms with Crippen LogP contribution in [0.5, 0.6) is 0 Å². The number of carbonyl (C=O) groups is 3. The van der Waals surface area contributed by atoms with E-state index in [1.54, 1.807) is 6.08 Å². The highest BCUT2D eigenvalue weighted by Gasteiger charge is 2.11. The van der Waals surface area contributed by atoms with Gasteiger partial charge < -0.3 is 10.1 Å². The SMILES string of the molecule is CC[C@H](C)NC(=O)NC(=O)COC(=O)/C=C/c1ccccc1. The Bertz CT molecular complexity index is 540. The fourth-order valence-electron chi connectivity index (χ4n) is 1.44. The Hall–Kier alpha value is -2.63. The second kappa shape index (κ2) is 9.33. The fourth-order valence-corrected chi connectivity index (χ4v) is 1.44. The van der Waals surface area contributed by atoms with E-state index in [9.17, 15) is 14.4 Å². The van der Waals surface area contributed by atoms with E-state index >= 15 is 0 Å². The maximum absolute atomic E-state index is 11.4. The third-order valence-electron chi connectivity index (χ3n) is 2.80. The fraction of sp³-hybridized carbons (Fsp3) is 0.312. The summed E-state index contributed by atoms with van der Waals surface area (Å²) in [4.78, 5) is 34.3. The van der Waals surface area contributed by atoms with Crippen molar-refractivity contribution in [2.75, 3.05) is 6.61 Å². The van der Waals surface area contributed by atoms with Gasteiger partial charge in [-0.3, -0.25) is 10.1 Å². The van der Waals surface area contributed by atoms with Crippen molar-refractivity contribution in [2.24, 2.45) is 0 Å². The van der Waals surface area contributed by atoms with Crippen LogP contribution in [-0.2, 0) is 14.3 Å². The molecule has 1 atom stereocenters. The third kappa shape index (κ3) is 7.23. The third-order valence-corrected chi connectivity index (χ3v) is 2.80. The summed E-state index contributed by atoms with van der Waals surface area (Å²) in [5, 5.41) is 4.65. The number of urea groups is 1. The number of benzene rings is 1. The average molecular weight is 304 g/mol. The number of rotatable bonds is 6. The van der Waals surface area contributed by atoms with Gasteiger partial charge in [0.1, 0.15) is 0 Å². The molecule has 1 aromatic carbocycles. The van der Waals surface area contributed by atoms with Crippen LogP contribution in [0.1, 0.15) is 25.8 Å². The number of nitrogens with one attached hydrogen (secondary N) is 2. The topological polar surface area (TPSA) is 84.5 Å². The quantitative estimate of drug-likeness (QED) is 0.620. The molecule has 0 aliphatic rings. The van der Waals surface area contributed by atoms with Gasteiger partial charge in [0.15, 0.2) is 6.61 Å². The maximum Gasteiger partial charge on any atom is 0.331 e. The van der Waals surface area contributed by atoms with Gasteiger partial charge in [0.05, 0.1) is 0 Å². The van der Waals surface area contributed by atoms with Crippen molar-refractivity contribution in [3.8, 4) is 0 Å². The van der Waals surface area contributed by atoms with E-state index in [1.807, 2.05) is 44.2 Å².